The molecule has 7 heteroatoms. The fourth-order valence-electron chi connectivity index (χ4n) is 3.77. The first-order valence-corrected chi connectivity index (χ1v) is 12.2. The molecular weight excluding hydrogens is 436 g/mol. The number of thiazole rings is 1. The van der Waals surface area contributed by atoms with Gasteiger partial charge < -0.3 is 0 Å². The highest BCUT2D eigenvalue weighted by atomic mass is 32.2. The second kappa shape index (κ2) is 8.76. The van der Waals surface area contributed by atoms with Crippen molar-refractivity contribution < 1.29 is 0 Å². The number of para-hydroxylation sites is 2. The van der Waals surface area contributed by atoms with E-state index in [9.17, 15) is 4.79 Å². The zero-order valence-corrected chi connectivity index (χ0v) is 19.5. The van der Waals surface area contributed by atoms with E-state index in [4.69, 9.17) is 0 Å². The summed E-state index contributed by atoms with van der Waals surface area (Å²) in [5.74, 6) is 1.55. The molecule has 0 radical (unpaired) electrons. The van der Waals surface area contributed by atoms with E-state index in [2.05, 4.69) is 65.0 Å². The fraction of sp³-hybridized carbons (Fsp3) is 0.160. The van der Waals surface area contributed by atoms with Gasteiger partial charge >= 0.3 is 4.87 Å². The van der Waals surface area contributed by atoms with Gasteiger partial charge in [0.2, 0.25) is 0 Å². The minimum absolute atomic E-state index is 0.0136. The zero-order valence-electron chi connectivity index (χ0n) is 17.9. The maximum absolute atomic E-state index is 12.7. The van der Waals surface area contributed by atoms with Crippen molar-refractivity contribution in [1.82, 2.24) is 19.3 Å². The van der Waals surface area contributed by atoms with Gasteiger partial charge in [-0.3, -0.25) is 13.9 Å². The van der Waals surface area contributed by atoms with Crippen LogP contribution in [0.15, 0.2) is 82.7 Å². The molecule has 0 fully saturated rings. The van der Waals surface area contributed by atoms with Gasteiger partial charge in [-0.15, -0.1) is 10.2 Å². The molecule has 160 valence electrons. The fourth-order valence-corrected chi connectivity index (χ4v) is 5.70. The second-order valence-corrected chi connectivity index (χ2v) is 9.59. The highest BCUT2D eigenvalue weighted by molar-refractivity contribution is 7.98. The van der Waals surface area contributed by atoms with E-state index in [1.165, 1.54) is 22.5 Å². The summed E-state index contributed by atoms with van der Waals surface area (Å²) in [6, 6.07) is 24.5. The second-order valence-electron chi connectivity index (χ2n) is 7.66. The molecule has 2 aromatic heterocycles. The number of hydrogen-bond donors (Lipinski definition) is 0. The van der Waals surface area contributed by atoms with Gasteiger partial charge in [0.05, 0.1) is 22.4 Å². The molecule has 5 rings (SSSR count). The van der Waals surface area contributed by atoms with E-state index < -0.39 is 0 Å². The zero-order chi connectivity index (χ0) is 22.1. The van der Waals surface area contributed by atoms with Gasteiger partial charge in [-0.25, -0.2) is 0 Å². The largest absolute Gasteiger partial charge is 0.308 e. The lowest BCUT2D eigenvalue weighted by molar-refractivity contribution is 0.724. The number of aromatic nitrogens is 4. The summed E-state index contributed by atoms with van der Waals surface area (Å²) in [6.45, 7) is 4.58. The Kier molecular flexibility index (Phi) is 5.68. The van der Waals surface area contributed by atoms with Crippen molar-refractivity contribution in [3.63, 3.8) is 0 Å². The van der Waals surface area contributed by atoms with Crippen LogP contribution in [-0.2, 0) is 12.3 Å². The highest BCUT2D eigenvalue weighted by Crippen LogP contribution is 2.28. The van der Waals surface area contributed by atoms with E-state index in [1.807, 2.05) is 36.4 Å². The average Bonchev–Trinajstić information content (AvgIpc) is 3.34. The Morgan fingerprint density at radius 2 is 1.59 bits per heavy atom. The van der Waals surface area contributed by atoms with E-state index in [0.29, 0.717) is 6.54 Å². The predicted octanol–water partition coefficient (Wildman–Crippen LogP) is 5.60. The van der Waals surface area contributed by atoms with Crippen LogP contribution in [0.3, 0.4) is 0 Å². The van der Waals surface area contributed by atoms with Crippen molar-refractivity contribution in [3.05, 3.63) is 105 Å². The highest BCUT2D eigenvalue weighted by Gasteiger charge is 2.18. The molecule has 0 spiro atoms. The molecule has 0 bridgehead atoms. The number of hydrogen-bond acceptors (Lipinski definition) is 5. The summed E-state index contributed by atoms with van der Waals surface area (Å²) in [4.78, 5) is 12.7. The molecule has 3 aromatic carbocycles. The summed E-state index contributed by atoms with van der Waals surface area (Å²) in [5.41, 5.74) is 5.63. The predicted molar refractivity (Wildman–Crippen MR) is 132 cm³/mol. The Hall–Kier alpha value is -3.16. The van der Waals surface area contributed by atoms with E-state index >= 15 is 0 Å². The van der Waals surface area contributed by atoms with Gasteiger partial charge in [-0.05, 0) is 48.7 Å². The van der Waals surface area contributed by atoms with Crippen molar-refractivity contribution in [3.8, 4) is 5.69 Å². The third kappa shape index (κ3) is 3.89. The van der Waals surface area contributed by atoms with Crippen molar-refractivity contribution in [1.29, 1.82) is 0 Å². The van der Waals surface area contributed by atoms with Crippen LogP contribution in [0.4, 0.5) is 0 Å². The number of thioether (sulfide) groups is 1. The topological polar surface area (TPSA) is 52.7 Å². The van der Waals surface area contributed by atoms with Crippen LogP contribution in [0.5, 0.6) is 0 Å². The Morgan fingerprint density at radius 1 is 0.875 bits per heavy atom. The van der Waals surface area contributed by atoms with Crippen LogP contribution < -0.4 is 4.87 Å². The first-order valence-electron chi connectivity index (χ1n) is 10.4. The van der Waals surface area contributed by atoms with Crippen LogP contribution in [0.25, 0.3) is 15.9 Å². The average molecular weight is 459 g/mol. The van der Waals surface area contributed by atoms with Gasteiger partial charge in [0.1, 0.15) is 0 Å². The maximum Gasteiger partial charge on any atom is 0.308 e. The summed E-state index contributed by atoms with van der Waals surface area (Å²) in [6.07, 6.45) is 0. The standard InChI is InChI=1S/C25H22N4OS2/c1-17-9-3-5-11-19(17)16-31-24-27-26-23(29(24)20-12-6-4-10-18(20)2)15-28-21-13-7-8-14-22(21)32-25(28)30/h3-14H,15-16H2,1-2H3. The number of aryl methyl sites for hydroxylation is 2. The molecule has 0 aliphatic rings. The lowest BCUT2D eigenvalue weighted by atomic mass is 10.1. The van der Waals surface area contributed by atoms with Crippen LogP contribution >= 0.6 is 23.1 Å². The van der Waals surface area contributed by atoms with E-state index in [-0.39, 0.29) is 4.87 Å². The van der Waals surface area contributed by atoms with Crippen molar-refractivity contribution in [2.24, 2.45) is 0 Å². The molecular formula is C25H22N4OS2. The molecule has 0 saturated heterocycles. The molecule has 32 heavy (non-hydrogen) atoms. The van der Waals surface area contributed by atoms with Crippen LogP contribution in [0.1, 0.15) is 22.5 Å². The van der Waals surface area contributed by atoms with Crippen LogP contribution in [0, 0.1) is 13.8 Å². The number of nitrogens with zero attached hydrogens (tertiary/aromatic N) is 4. The Balaban J connectivity index is 1.57. The van der Waals surface area contributed by atoms with Crippen LogP contribution in [-0.4, -0.2) is 19.3 Å². The minimum Gasteiger partial charge on any atom is -0.291 e. The van der Waals surface area contributed by atoms with Crippen molar-refractivity contribution >= 4 is 33.3 Å². The molecule has 0 N–H and O–H groups in total. The molecule has 2 heterocycles. The lowest BCUT2D eigenvalue weighted by Gasteiger charge is -2.13. The third-order valence-electron chi connectivity index (χ3n) is 5.55. The van der Waals surface area contributed by atoms with Gasteiger partial charge in [-0.2, -0.15) is 0 Å². The first-order chi connectivity index (χ1) is 15.6. The molecule has 0 aliphatic carbocycles. The first kappa shape index (κ1) is 20.7. The molecule has 0 aliphatic heterocycles. The Morgan fingerprint density at radius 3 is 2.41 bits per heavy atom. The normalized spacial score (nSPS) is 11.3. The summed E-state index contributed by atoms with van der Waals surface area (Å²) in [7, 11) is 0. The summed E-state index contributed by atoms with van der Waals surface area (Å²) >= 11 is 2.93. The van der Waals surface area contributed by atoms with Gasteiger partial charge in [0.25, 0.3) is 0 Å². The molecule has 0 saturated carbocycles. The molecule has 0 atom stereocenters. The molecule has 5 nitrogen and oxygen atoms in total. The van der Waals surface area contributed by atoms with Gasteiger partial charge in [-0.1, -0.05) is 77.7 Å². The van der Waals surface area contributed by atoms with E-state index in [1.54, 1.807) is 16.3 Å². The quantitative estimate of drug-likeness (QED) is 0.311. The number of benzene rings is 3. The van der Waals surface area contributed by atoms with Gasteiger partial charge in [0.15, 0.2) is 11.0 Å². The Bertz CT molecular complexity index is 1460. The third-order valence-corrected chi connectivity index (χ3v) is 7.49. The minimum atomic E-state index is 0.0136. The smallest absolute Gasteiger partial charge is 0.291 e. The van der Waals surface area contributed by atoms with Crippen LogP contribution in [0.2, 0.25) is 0 Å². The summed E-state index contributed by atoms with van der Waals surface area (Å²) in [5, 5.41) is 9.88. The van der Waals surface area contributed by atoms with E-state index in [0.717, 1.165) is 38.2 Å². The lowest BCUT2D eigenvalue weighted by Crippen LogP contribution is -2.17. The maximum atomic E-state index is 12.7. The summed E-state index contributed by atoms with van der Waals surface area (Å²) < 4.78 is 4.86. The number of rotatable bonds is 6. The number of fused-ring (bicyclic) bond motifs is 1. The van der Waals surface area contributed by atoms with Gasteiger partial charge in [0, 0.05) is 5.75 Å². The van der Waals surface area contributed by atoms with Crippen molar-refractivity contribution in [2.45, 2.75) is 31.3 Å². The SMILES string of the molecule is Cc1ccccc1CSc1nnc(Cn2c(=O)sc3ccccc32)n1-c1ccccc1C. The molecule has 5 aromatic rings. The molecule has 0 unspecified atom stereocenters. The monoisotopic (exact) mass is 458 g/mol. The van der Waals surface area contributed by atoms with Crippen molar-refractivity contribution in [2.75, 3.05) is 0 Å². The Labute approximate surface area is 194 Å². The molecule has 0 amide bonds.